The number of unbranched alkanes of at least 4 members (excludes halogenated alkanes) is 1. The molecule has 0 bridgehead atoms. The molecule has 1 saturated heterocycles. The number of aromatic hydroxyl groups is 1. The Bertz CT molecular complexity index is 2830. The number of phenols is 1. The molecule has 20 nitrogen and oxygen atoms in total. The number of para-hydroxylation sites is 1. The summed E-state index contributed by atoms with van der Waals surface area (Å²) < 4.78 is 0. The van der Waals surface area contributed by atoms with E-state index in [9.17, 15) is 48.6 Å². The third-order valence-corrected chi connectivity index (χ3v) is 15.3. The van der Waals surface area contributed by atoms with Gasteiger partial charge < -0.3 is 63.9 Å². The zero-order chi connectivity index (χ0) is 55.6. The highest BCUT2D eigenvalue weighted by atomic mass is 33.1. The number of carboxylic acids is 1. The van der Waals surface area contributed by atoms with Gasteiger partial charge in [0.15, 0.2) is 0 Å². The molecule has 1 aliphatic rings. The highest BCUT2D eigenvalue weighted by molar-refractivity contribution is 8.76. The van der Waals surface area contributed by atoms with E-state index in [-0.39, 0.29) is 49.5 Å². The van der Waals surface area contributed by atoms with Crippen LogP contribution >= 0.6 is 21.6 Å². The number of carbonyl (C=O) groups excluding carboxylic acids is 7. The molecule has 0 radical (unpaired) electrons. The molecule has 1 aromatic heterocycles. The maximum absolute atomic E-state index is 14.9. The van der Waals surface area contributed by atoms with Crippen LogP contribution in [-0.2, 0) is 57.6 Å². The molecule has 14 N–H and O–H groups in total. The van der Waals surface area contributed by atoms with Crippen LogP contribution in [0, 0.1) is 5.92 Å². The Labute approximate surface area is 454 Å². The van der Waals surface area contributed by atoms with Crippen LogP contribution in [0.25, 0.3) is 22.0 Å². The highest BCUT2D eigenvalue weighted by Crippen LogP contribution is 2.25. The van der Waals surface area contributed by atoms with E-state index in [2.05, 4.69) is 42.2 Å². The number of aliphatic carboxylic acids is 1. The van der Waals surface area contributed by atoms with Crippen LogP contribution in [0.2, 0.25) is 0 Å². The molecule has 22 heteroatoms. The van der Waals surface area contributed by atoms with Crippen LogP contribution in [0.3, 0.4) is 0 Å². The molecule has 0 unspecified atom stereocenters. The molecule has 5 aromatic rings. The van der Waals surface area contributed by atoms with Gasteiger partial charge in [-0.3, -0.25) is 33.6 Å². The first-order valence-corrected chi connectivity index (χ1v) is 27.9. The number of aromatic nitrogens is 1. The summed E-state index contributed by atoms with van der Waals surface area (Å²) >= 11 is 0. The number of amides is 7. The average molecular weight is 1090 g/mol. The highest BCUT2D eigenvalue weighted by Gasteiger charge is 2.36. The van der Waals surface area contributed by atoms with Crippen molar-refractivity contribution in [3.05, 3.63) is 126 Å². The summed E-state index contributed by atoms with van der Waals surface area (Å²) in [7, 11) is 2.07. The summed E-state index contributed by atoms with van der Waals surface area (Å²) in [5.41, 5.74) is 16.2. The molecule has 4 aromatic carbocycles. The molecule has 0 saturated carbocycles. The molecular weight excluding hydrogens is 1020 g/mol. The fourth-order valence-electron chi connectivity index (χ4n) is 8.51. The van der Waals surface area contributed by atoms with E-state index in [0.717, 1.165) is 43.6 Å². The number of rotatable bonds is 17. The molecule has 77 heavy (non-hydrogen) atoms. The monoisotopic (exact) mass is 1090 g/mol. The van der Waals surface area contributed by atoms with Gasteiger partial charge in [0.2, 0.25) is 41.4 Å². The molecule has 0 aliphatic carbocycles. The van der Waals surface area contributed by atoms with Crippen LogP contribution < -0.4 is 48.7 Å². The predicted octanol–water partition coefficient (Wildman–Crippen LogP) is 2.57. The SMILES string of the molecule is CC(C)[C@H](NC(=O)[C@@H]1CSSC[C@H](NC(=O)[C@H](C)N)C(=O)N[C@@H](Cc2ccc(-c3ccccc3)cc2)C(=O)N[C@@H](Cc2c[nH]c3ccccc23)C(=O)N[C@@H](CCCCN)C(=O)N[C@@H](Cc2ccc(O)cc2)C(=O)N1)C(=O)O. The Kier molecular flexibility index (Phi) is 21.9. The van der Waals surface area contributed by atoms with Crippen molar-refractivity contribution in [2.24, 2.45) is 17.4 Å². The van der Waals surface area contributed by atoms with Gasteiger partial charge in [-0.1, -0.05) is 120 Å². The number of nitrogens with two attached hydrogens (primary N) is 2. The molecule has 410 valence electrons. The van der Waals surface area contributed by atoms with Crippen molar-refractivity contribution < 1.29 is 48.6 Å². The molecule has 1 fully saturated rings. The summed E-state index contributed by atoms with van der Waals surface area (Å²) in [4.78, 5) is 116. The zero-order valence-electron chi connectivity index (χ0n) is 43.1. The third-order valence-electron chi connectivity index (χ3n) is 12.9. The van der Waals surface area contributed by atoms with E-state index in [1.807, 2.05) is 78.9 Å². The van der Waals surface area contributed by atoms with Crippen LogP contribution in [0.5, 0.6) is 5.75 Å². The number of carbonyl (C=O) groups is 8. The lowest BCUT2D eigenvalue weighted by Crippen LogP contribution is -2.61. The van der Waals surface area contributed by atoms with Gasteiger partial charge in [0.25, 0.3) is 0 Å². The number of H-pyrrole nitrogens is 1. The molecule has 1 aliphatic heterocycles. The van der Waals surface area contributed by atoms with Gasteiger partial charge in [0, 0.05) is 47.9 Å². The second kappa shape index (κ2) is 28.7. The largest absolute Gasteiger partial charge is 0.508 e. The summed E-state index contributed by atoms with van der Waals surface area (Å²) in [6, 6.07) is 19.7. The predicted molar refractivity (Wildman–Crippen MR) is 297 cm³/mol. The van der Waals surface area contributed by atoms with Gasteiger partial charge in [0.1, 0.15) is 48.0 Å². The van der Waals surface area contributed by atoms with Gasteiger partial charge in [-0.2, -0.15) is 0 Å². The van der Waals surface area contributed by atoms with Gasteiger partial charge in [-0.15, -0.1) is 0 Å². The normalized spacial score (nSPS) is 21.1. The van der Waals surface area contributed by atoms with E-state index in [1.54, 1.807) is 32.2 Å². The minimum Gasteiger partial charge on any atom is -0.508 e. The Balaban J connectivity index is 1.43. The first kappa shape index (κ1) is 58.9. The van der Waals surface area contributed by atoms with E-state index in [0.29, 0.717) is 29.5 Å². The Morgan fingerprint density at radius 3 is 1.79 bits per heavy atom. The third kappa shape index (κ3) is 17.3. The quantitative estimate of drug-likeness (QED) is 0.0471. The van der Waals surface area contributed by atoms with Crippen molar-refractivity contribution in [2.75, 3.05) is 18.1 Å². The number of carboxylic acid groups (broad SMARTS) is 1. The Morgan fingerprint density at radius 1 is 0.649 bits per heavy atom. The first-order chi connectivity index (χ1) is 36.9. The number of aromatic amines is 1. The molecule has 7 amide bonds. The number of phenolic OH excluding ortho intramolecular Hbond substituents is 1. The molecule has 2 heterocycles. The lowest BCUT2D eigenvalue weighted by Gasteiger charge is -2.29. The smallest absolute Gasteiger partial charge is 0.326 e. The maximum atomic E-state index is 14.9. The molecule has 6 rings (SSSR count). The number of hydrogen-bond donors (Lipinski definition) is 12. The zero-order valence-corrected chi connectivity index (χ0v) is 44.7. The second-order valence-electron chi connectivity index (χ2n) is 19.3. The van der Waals surface area contributed by atoms with E-state index < -0.39 is 102 Å². The van der Waals surface area contributed by atoms with Crippen LogP contribution in [-0.4, -0.2) is 129 Å². The van der Waals surface area contributed by atoms with Crippen LogP contribution in [0.4, 0.5) is 0 Å². The Morgan fingerprint density at radius 2 is 1.18 bits per heavy atom. The number of benzene rings is 4. The maximum Gasteiger partial charge on any atom is 0.326 e. The fourth-order valence-corrected chi connectivity index (χ4v) is 10.8. The number of hydrogen-bond acceptors (Lipinski definition) is 13. The number of fused-ring (bicyclic) bond motifs is 1. The summed E-state index contributed by atoms with van der Waals surface area (Å²) in [6.07, 6.45) is 2.28. The van der Waals surface area contributed by atoms with Crippen molar-refractivity contribution in [3.8, 4) is 16.9 Å². The van der Waals surface area contributed by atoms with Crippen molar-refractivity contribution in [2.45, 2.75) is 108 Å². The van der Waals surface area contributed by atoms with Gasteiger partial charge in [0.05, 0.1) is 6.04 Å². The van der Waals surface area contributed by atoms with Crippen molar-refractivity contribution >= 4 is 79.8 Å². The molecular formula is C55H68N10O10S2. The minimum absolute atomic E-state index is 0.0485. The Hall–Kier alpha value is -7.40. The van der Waals surface area contributed by atoms with Crippen molar-refractivity contribution in [1.82, 2.24) is 42.2 Å². The number of nitrogens with one attached hydrogen (secondary N) is 8. The van der Waals surface area contributed by atoms with Crippen LogP contribution in [0.15, 0.2) is 109 Å². The van der Waals surface area contributed by atoms with Gasteiger partial charge >= 0.3 is 5.97 Å². The van der Waals surface area contributed by atoms with Gasteiger partial charge in [-0.25, -0.2) is 4.79 Å². The van der Waals surface area contributed by atoms with Gasteiger partial charge in [-0.05, 0) is 84.7 Å². The standard InChI is InChI=1S/C55H68N10O10S2/c1-31(2)47(55(74)75)65-54(73)46-30-77-76-29-45(63-48(67)32(3)57)53(72)61-42(25-33-16-20-36(21-17-33)35-11-5-4-6-12-35)50(69)62-44(27-37-28-58-40-14-8-7-13-39(37)40)52(71)59-41(15-9-10-24-56)49(68)60-43(51(70)64-46)26-34-18-22-38(66)23-19-34/h4-8,11-14,16-23,28,31-32,41-47,58,66H,9-10,15,24-27,29-30,56-57H2,1-3H3,(H,59,71)(H,60,68)(H,61,72)(H,62,69)(H,63,67)(H,64,70)(H,65,73)(H,74,75)/t32-,41-,42-,43-,44-,45-,46-,47-/m0/s1. The molecule has 8 atom stereocenters. The van der Waals surface area contributed by atoms with Crippen molar-refractivity contribution in [1.29, 1.82) is 0 Å². The minimum atomic E-state index is -1.43. The van der Waals surface area contributed by atoms with E-state index in [1.165, 1.54) is 19.1 Å². The lowest BCUT2D eigenvalue weighted by molar-refractivity contribution is -0.143. The average Bonchev–Trinajstić information content (AvgIpc) is 3.82. The summed E-state index contributed by atoms with van der Waals surface area (Å²) in [6.45, 7) is 4.90. The molecule has 0 spiro atoms. The van der Waals surface area contributed by atoms with E-state index in [4.69, 9.17) is 11.5 Å². The lowest BCUT2D eigenvalue weighted by atomic mass is 9.99. The first-order valence-electron chi connectivity index (χ1n) is 25.4. The topological polar surface area (TPSA) is 329 Å². The second-order valence-corrected chi connectivity index (χ2v) is 21.8. The summed E-state index contributed by atoms with van der Waals surface area (Å²) in [5, 5.41) is 40.0. The van der Waals surface area contributed by atoms with E-state index >= 15 is 0 Å². The van der Waals surface area contributed by atoms with Crippen molar-refractivity contribution in [3.63, 3.8) is 0 Å². The summed E-state index contributed by atoms with van der Waals surface area (Å²) in [5.74, 6) is -7.77. The van der Waals surface area contributed by atoms with Crippen LogP contribution in [0.1, 0.15) is 56.7 Å². The fraction of sp³-hybridized carbons (Fsp3) is 0.382.